The topological polar surface area (TPSA) is 88.0 Å². The monoisotopic (exact) mass is 524 g/mol. The van der Waals surface area contributed by atoms with Crippen LogP contribution < -0.4 is 11.4 Å². The van der Waals surface area contributed by atoms with Gasteiger partial charge in [-0.1, -0.05) is 0 Å². The van der Waals surface area contributed by atoms with Crippen LogP contribution in [0, 0.1) is 0 Å². The molecule has 2 aromatic rings. The lowest BCUT2D eigenvalue weighted by Crippen LogP contribution is -2.37. The Morgan fingerprint density at radius 1 is 0.714 bits per heavy atom. The fourth-order valence-electron chi connectivity index (χ4n) is 4.40. The minimum Gasteiger partial charge on any atom is -0.300 e. The van der Waals surface area contributed by atoms with E-state index in [2.05, 4.69) is 25.3 Å². The Balaban J connectivity index is 1.82. The van der Waals surface area contributed by atoms with Crippen molar-refractivity contribution in [2.75, 3.05) is 0 Å². The number of Topliss-reactive ketones (excluding diaryl/α,β-unsaturated/α-hetero) is 2. The normalized spacial score (nSPS) is 12.3. The first-order valence-electron chi connectivity index (χ1n) is 12.3. The van der Waals surface area contributed by atoms with E-state index in [1.165, 1.54) is 0 Å². The Labute approximate surface area is 218 Å². The molecule has 0 fully saturated rings. The van der Waals surface area contributed by atoms with Crippen LogP contribution in [0.2, 0.25) is 0 Å². The van der Waals surface area contributed by atoms with Gasteiger partial charge >= 0.3 is 11.4 Å². The molecule has 0 radical (unpaired) electrons. The number of nitrogens with zero attached hydrogens (tertiary/aromatic N) is 4. The van der Waals surface area contributed by atoms with Crippen molar-refractivity contribution in [3.05, 3.63) is 33.4 Å². The van der Waals surface area contributed by atoms with Crippen LogP contribution in [0.1, 0.15) is 86.5 Å². The molecule has 2 aromatic heterocycles. The van der Waals surface area contributed by atoms with Crippen molar-refractivity contribution < 1.29 is 9.59 Å². The summed E-state index contributed by atoms with van der Waals surface area (Å²) in [6, 6.07) is 0. The van der Waals surface area contributed by atoms with Crippen molar-refractivity contribution in [2.24, 2.45) is 0 Å². The lowest BCUT2D eigenvalue weighted by Gasteiger charge is -2.27. The van der Waals surface area contributed by atoms with Crippen LogP contribution in [0.4, 0.5) is 0 Å². The average molecular weight is 525 g/mol. The van der Waals surface area contributed by atoms with Crippen LogP contribution in [0.5, 0.6) is 0 Å². The van der Waals surface area contributed by atoms with Crippen LogP contribution in [-0.2, 0) is 33.8 Å². The Morgan fingerprint density at radius 3 is 1.34 bits per heavy atom. The molecule has 10 heteroatoms. The number of carbonyl (C=O) groups is 2. The van der Waals surface area contributed by atoms with Crippen LogP contribution in [0.25, 0.3) is 0 Å². The second kappa shape index (κ2) is 11.9. The zero-order valence-corrected chi connectivity index (χ0v) is 23.6. The van der Waals surface area contributed by atoms with Gasteiger partial charge in [-0.15, -0.1) is 25.3 Å². The number of aromatic nitrogens is 4. The van der Waals surface area contributed by atoms with Crippen LogP contribution in [0.15, 0.2) is 32.0 Å². The van der Waals surface area contributed by atoms with E-state index in [4.69, 9.17) is 0 Å². The van der Waals surface area contributed by atoms with Gasteiger partial charge in [-0.05, 0) is 60.8 Å². The number of hydrogen-bond donors (Lipinski definition) is 2. The third kappa shape index (κ3) is 7.06. The predicted molar refractivity (Wildman–Crippen MR) is 144 cm³/mol. The average Bonchev–Trinajstić information content (AvgIpc) is 3.24. The number of carbonyl (C=O) groups excluding carboxylic acids is 2. The zero-order chi connectivity index (χ0) is 26.6. The fourth-order valence-corrected chi connectivity index (χ4v) is 5.39. The SMILES string of the molecule is CCn1cc(S)n(C(C)(C)CCC(=O)CCCC(=O)CCC(C)(C)n2c(S)cn(CC)c2=O)c1=O. The Morgan fingerprint density at radius 2 is 1.06 bits per heavy atom. The predicted octanol–water partition coefficient (Wildman–Crippen LogP) is 4.27. The molecule has 0 amide bonds. The summed E-state index contributed by atoms with van der Waals surface area (Å²) in [7, 11) is 0. The van der Waals surface area contributed by atoms with Gasteiger partial charge in [0.25, 0.3) is 0 Å². The highest BCUT2D eigenvalue weighted by Crippen LogP contribution is 2.26. The maximum Gasteiger partial charge on any atom is 0.329 e. The van der Waals surface area contributed by atoms with Gasteiger partial charge < -0.3 is 0 Å². The summed E-state index contributed by atoms with van der Waals surface area (Å²) < 4.78 is 6.47. The van der Waals surface area contributed by atoms with Crippen molar-refractivity contribution >= 4 is 36.8 Å². The lowest BCUT2D eigenvalue weighted by atomic mass is 9.93. The highest BCUT2D eigenvalue weighted by atomic mass is 32.1. The molecule has 0 N–H and O–H groups in total. The molecule has 0 aliphatic carbocycles. The Bertz CT molecular complexity index is 1080. The molecule has 0 atom stereocenters. The number of rotatable bonds is 14. The number of ketones is 2. The van der Waals surface area contributed by atoms with Gasteiger partial charge in [-0.3, -0.25) is 27.9 Å². The van der Waals surface area contributed by atoms with Crippen molar-refractivity contribution in [1.29, 1.82) is 0 Å². The zero-order valence-electron chi connectivity index (χ0n) is 21.8. The molecule has 0 aromatic carbocycles. The molecule has 0 saturated heterocycles. The molecule has 2 rings (SSSR count). The molecule has 0 unspecified atom stereocenters. The molecule has 35 heavy (non-hydrogen) atoms. The van der Waals surface area contributed by atoms with E-state index < -0.39 is 11.1 Å². The lowest BCUT2D eigenvalue weighted by molar-refractivity contribution is -0.120. The standard InChI is InChI=1S/C25H40N4O4S2/c1-7-26-16-20(34)28(22(26)32)24(3,4)14-12-18(30)10-9-11-19(31)13-15-25(5,6)29-21(35)17-27(8-2)23(29)33/h16-17,34-35H,7-15H2,1-6H3. The Kier molecular flexibility index (Phi) is 9.93. The first kappa shape index (κ1) is 29.3. The van der Waals surface area contributed by atoms with Crippen molar-refractivity contribution in [3.8, 4) is 0 Å². The van der Waals surface area contributed by atoms with Crippen LogP contribution in [0.3, 0.4) is 0 Å². The van der Waals surface area contributed by atoms with E-state index in [0.29, 0.717) is 68.1 Å². The minimum absolute atomic E-state index is 0.0852. The molecular weight excluding hydrogens is 484 g/mol. The van der Waals surface area contributed by atoms with Gasteiger partial charge in [0.15, 0.2) is 0 Å². The van der Waals surface area contributed by atoms with E-state index in [9.17, 15) is 19.2 Å². The maximum absolute atomic E-state index is 12.6. The smallest absolute Gasteiger partial charge is 0.300 e. The number of aryl methyl sites for hydroxylation is 2. The van der Waals surface area contributed by atoms with Crippen LogP contribution in [-0.4, -0.2) is 29.8 Å². The second-order valence-electron chi connectivity index (χ2n) is 10.3. The summed E-state index contributed by atoms with van der Waals surface area (Å²) >= 11 is 8.87. The molecule has 0 aliphatic rings. The number of thiol groups is 2. The highest BCUT2D eigenvalue weighted by molar-refractivity contribution is 7.80. The largest absolute Gasteiger partial charge is 0.329 e. The van der Waals surface area contributed by atoms with Crippen LogP contribution >= 0.6 is 25.3 Å². The van der Waals surface area contributed by atoms with Crippen molar-refractivity contribution in [1.82, 2.24) is 18.3 Å². The van der Waals surface area contributed by atoms with Crippen molar-refractivity contribution in [2.45, 2.75) is 121 Å². The third-order valence-corrected chi connectivity index (χ3v) is 7.34. The van der Waals surface area contributed by atoms with Gasteiger partial charge in [0.1, 0.15) is 11.6 Å². The van der Waals surface area contributed by atoms with Gasteiger partial charge in [-0.2, -0.15) is 0 Å². The van der Waals surface area contributed by atoms with E-state index in [1.54, 1.807) is 30.7 Å². The van der Waals surface area contributed by atoms with Gasteiger partial charge in [-0.25, -0.2) is 9.59 Å². The van der Waals surface area contributed by atoms with Gasteiger partial charge in [0, 0.05) is 62.2 Å². The fraction of sp³-hybridized carbons (Fsp3) is 0.680. The third-order valence-electron chi connectivity index (χ3n) is 6.71. The maximum atomic E-state index is 12.6. The van der Waals surface area contributed by atoms with E-state index in [1.807, 2.05) is 41.5 Å². The highest BCUT2D eigenvalue weighted by Gasteiger charge is 2.28. The molecular formula is C25H40N4O4S2. The summed E-state index contributed by atoms with van der Waals surface area (Å²) in [5.74, 6) is 0.170. The molecule has 0 spiro atoms. The van der Waals surface area contributed by atoms with E-state index in [-0.39, 0.29) is 22.9 Å². The first-order chi connectivity index (χ1) is 16.2. The summed E-state index contributed by atoms with van der Waals surface area (Å²) in [4.78, 5) is 50.1. The summed E-state index contributed by atoms with van der Waals surface area (Å²) in [6.07, 6.45) is 6.34. The minimum atomic E-state index is -0.535. The second-order valence-corrected chi connectivity index (χ2v) is 11.3. The molecule has 8 nitrogen and oxygen atoms in total. The molecule has 196 valence electrons. The van der Waals surface area contributed by atoms with Gasteiger partial charge in [0.05, 0.1) is 10.1 Å². The summed E-state index contributed by atoms with van der Waals surface area (Å²) in [5.41, 5.74) is -1.32. The quantitative estimate of drug-likeness (QED) is 0.361. The molecule has 0 aliphatic heterocycles. The number of hydrogen-bond acceptors (Lipinski definition) is 6. The molecule has 2 heterocycles. The number of imidazole rings is 2. The van der Waals surface area contributed by atoms with E-state index in [0.717, 1.165) is 0 Å². The van der Waals surface area contributed by atoms with Gasteiger partial charge in [0.2, 0.25) is 0 Å². The first-order valence-corrected chi connectivity index (χ1v) is 13.2. The summed E-state index contributed by atoms with van der Waals surface area (Å²) in [6.45, 7) is 12.7. The summed E-state index contributed by atoms with van der Waals surface area (Å²) in [5, 5.41) is 1.17. The van der Waals surface area contributed by atoms with Crippen molar-refractivity contribution in [3.63, 3.8) is 0 Å². The molecule has 0 saturated carbocycles. The Hall–Kier alpha value is -1.94. The van der Waals surface area contributed by atoms with E-state index >= 15 is 0 Å². The molecule has 0 bridgehead atoms.